The van der Waals surface area contributed by atoms with Crippen LogP contribution in [0.3, 0.4) is 0 Å². The van der Waals surface area contributed by atoms with Crippen molar-refractivity contribution in [3.8, 4) is 6.07 Å². The molecule has 2 aromatic rings. The molecule has 0 radical (unpaired) electrons. The first-order chi connectivity index (χ1) is 9.74. The third-order valence-electron chi connectivity index (χ3n) is 3.33. The molecule has 0 fully saturated rings. The SMILES string of the molecule is CCCCc1ccc(Cl)nc1Cc1ccccc1C#N. The number of aromatic nitrogens is 1. The highest BCUT2D eigenvalue weighted by molar-refractivity contribution is 6.29. The lowest BCUT2D eigenvalue weighted by Gasteiger charge is -2.10. The van der Waals surface area contributed by atoms with Gasteiger partial charge in [-0.1, -0.05) is 49.2 Å². The standard InChI is InChI=1S/C17H17ClN2/c1-2-3-6-13-9-10-17(18)20-16(13)11-14-7-4-5-8-15(14)12-19/h4-5,7-10H,2-3,6,11H2,1H3. The minimum atomic E-state index is 0.509. The van der Waals surface area contributed by atoms with Gasteiger partial charge in [-0.2, -0.15) is 5.26 Å². The number of benzene rings is 1. The molecule has 3 heteroatoms. The molecular weight excluding hydrogens is 268 g/mol. The summed E-state index contributed by atoms with van der Waals surface area (Å²) in [6, 6.07) is 13.8. The molecule has 20 heavy (non-hydrogen) atoms. The second kappa shape index (κ2) is 7.07. The van der Waals surface area contributed by atoms with E-state index in [1.807, 2.05) is 30.3 Å². The molecule has 0 aliphatic carbocycles. The van der Waals surface area contributed by atoms with Gasteiger partial charge in [0.1, 0.15) is 5.15 Å². The Morgan fingerprint density at radius 3 is 2.70 bits per heavy atom. The van der Waals surface area contributed by atoms with Gasteiger partial charge in [-0.15, -0.1) is 0 Å². The van der Waals surface area contributed by atoms with Crippen molar-refractivity contribution in [3.63, 3.8) is 0 Å². The summed E-state index contributed by atoms with van der Waals surface area (Å²) in [6.45, 7) is 2.17. The van der Waals surface area contributed by atoms with Crippen molar-refractivity contribution in [3.05, 3.63) is 63.9 Å². The molecule has 0 bridgehead atoms. The maximum atomic E-state index is 9.17. The zero-order chi connectivity index (χ0) is 14.4. The summed E-state index contributed by atoms with van der Waals surface area (Å²) in [7, 11) is 0. The number of pyridine rings is 1. The fourth-order valence-electron chi connectivity index (χ4n) is 2.22. The van der Waals surface area contributed by atoms with E-state index in [2.05, 4.69) is 24.0 Å². The largest absolute Gasteiger partial charge is 0.241 e. The highest BCUT2D eigenvalue weighted by Crippen LogP contribution is 2.19. The van der Waals surface area contributed by atoms with Gasteiger partial charge in [-0.05, 0) is 36.1 Å². The van der Waals surface area contributed by atoms with Crippen LogP contribution in [0.4, 0.5) is 0 Å². The highest BCUT2D eigenvalue weighted by Gasteiger charge is 2.09. The zero-order valence-electron chi connectivity index (χ0n) is 11.6. The van der Waals surface area contributed by atoms with E-state index in [1.54, 1.807) is 0 Å². The van der Waals surface area contributed by atoms with Gasteiger partial charge >= 0.3 is 0 Å². The molecular formula is C17H17ClN2. The summed E-state index contributed by atoms with van der Waals surface area (Å²) in [6.07, 6.45) is 3.95. The summed E-state index contributed by atoms with van der Waals surface area (Å²) in [5.41, 5.74) is 3.91. The Labute approximate surface area is 125 Å². The molecule has 0 N–H and O–H groups in total. The van der Waals surface area contributed by atoms with Crippen molar-refractivity contribution >= 4 is 11.6 Å². The normalized spacial score (nSPS) is 10.2. The summed E-state index contributed by atoms with van der Waals surface area (Å²) in [5, 5.41) is 9.67. The topological polar surface area (TPSA) is 36.7 Å². The van der Waals surface area contributed by atoms with Gasteiger partial charge in [-0.25, -0.2) is 4.98 Å². The van der Waals surface area contributed by atoms with Gasteiger partial charge in [0.15, 0.2) is 0 Å². The number of nitrogens with zero attached hydrogens (tertiary/aromatic N) is 2. The minimum absolute atomic E-state index is 0.509. The van der Waals surface area contributed by atoms with Crippen LogP contribution in [0, 0.1) is 11.3 Å². The molecule has 102 valence electrons. The second-order valence-electron chi connectivity index (χ2n) is 4.79. The number of halogens is 1. The van der Waals surface area contributed by atoms with Crippen LogP contribution in [0.2, 0.25) is 5.15 Å². The van der Waals surface area contributed by atoms with Crippen LogP contribution in [0.1, 0.15) is 42.1 Å². The van der Waals surface area contributed by atoms with Crippen LogP contribution in [0.15, 0.2) is 36.4 Å². The zero-order valence-corrected chi connectivity index (χ0v) is 12.3. The maximum Gasteiger partial charge on any atom is 0.129 e. The number of unbranched alkanes of at least 4 members (excludes halogenated alkanes) is 1. The number of hydrogen-bond donors (Lipinski definition) is 0. The number of rotatable bonds is 5. The Hall–Kier alpha value is -1.85. The van der Waals surface area contributed by atoms with Crippen molar-refractivity contribution in [2.24, 2.45) is 0 Å². The van der Waals surface area contributed by atoms with Crippen LogP contribution < -0.4 is 0 Å². The van der Waals surface area contributed by atoms with Crippen LogP contribution in [-0.2, 0) is 12.8 Å². The van der Waals surface area contributed by atoms with Crippen LogP contribution >= 0.6 is 11.6 Å². The van der Waals surface area contributed by atoms with Gasteiger partial charge in [0.05, 0.1) is 11.6 Å². The van der Waals surface area contributed by atoms with Crippen molar-refractivity contribution < 1.29 is 0 Å². The third-order valence-corrected chi connectivity index (χ3v) is 3.54. The van der Waals surface area contributed by atoms with Crippen LogP contribution in [-0.4, -0.2) is 4.98 Å². The Morgan fingerprint density at radius 2 is 1.95 bits per heavy atom. The van der Waals surface area contributed by atoms with Crippen molar-refractivity contribution in [1.29, 1.82) is 5.26 Å². The smallest absolute Gasteiger partial charge is 0.129 e. The van der Waals surface area contributed by atoms with Crippen LogP contribution in [0.25, 0.3) is 0 Å². The number of nitriles is 1. The molecule has 0 aliphatic heterocycles. The summed E-state index contributed by atoms with van der Waals surface area (Å²) < 4.78 is 0. The van der Waals surface area contributed by atoms with E-state index in [0.29, 0.717) is 17.1 Å². The van der Waals surface area contributed by atoms with Gasteiger partial charge in [-0.3, -0.25) is 0 Å². The molecule has 2 nitrogen and oxygen atoms in total. The molecule has 2 rings (SSSR count). The quantitative estimate of drug-likeness (QED) is 0.756. The van der Waals surface area contributed by atoms with E-state index in [4.69, 9.17) is 16.9 Å². The lowest BCUT2D eigenvalue weighted by Crippen LogP contribution is -2.01. The molecule has 0 atom stereocenters. The van der Waals surface area contributed by atoms with E-state index >= 15 is 0 Å². The first-order valence-electron chi connectivity index (χ1n) is 6.87. The van der Waals surface area contributed by atoms with Gasteiger partial charge in [0.2, 0.25) is 0 Å². The minimum Gasteiger partial charge on any atom is -0.241 e. The summed E-state index contributed by atoms with van der Waals surface area (Å²) >= 11 is 6.01. The molecule has 0 aliphatic rings. The Morgan fingerprint density at radius 1 is 1.15 bits per heavy atom. The lowest BCUT2D eigenvalue weighted by molar-refractivity contribution is 0.782. The maximum absolute atomic E-state index is 9.17. The molecule has 0 amide bonds. The third kappa shape index (κ3) is 3.59. The fraction of sp³-hybridized carbons (Fsp3) is 0.294. The van der Waals surface area contributed by atoms with E-state index in [1.165, 1.54) is 5.56 Å². The summed E-state index contributed by atoms with van der Waals surface area (Å²) in [5.74, 6) is 0. The first-order valence-corrected chi connectivity index (χ1v) is 7.24. The molecule has 0 saturated carbocycles. The summed E-state index contributed by atoms with van der Waals surface area (Å²) in [4.78, 5) is 4.45. The van der Waals surface area contributed by atoms with E-state index in [9.17, 15) is 0 Å². The number of hydrogen-bond acceptors (Lipinski definition) is 2. The van der Waals surface area contributed by atoms with E-state index < -0.39 is 0 Å². The molecule has 0 saturated heterocycles. The van der Waals surface area contributed by atoms with Gasteiger partial charge in [0.25, 0.3) is 0 Å². The predicted molar refractivity (Wildman–Crippen MR) is 81.8 cm³/mol. The van der Waals surface area contributed by atoms with Crippen molar-refractivity contribution in [2.75, 3.05) is 0 Å². The average Bonchev–Trinajstić information content (AvgIpc) is 2.47. The van der Waals surface area contributed by atoms with Crippen molar-refractivity contribution in [1.82, 2.24) is 4.98 Å². The van der Waals surface area contributed by atoms with Crippen molar-refractivity contribution in [2.45, 2.75) is 32.6 Å². The molecule has 1 aromatic carbocycles. The second-order valence-corrected chi connectivity index (χ2v) is 5.18. The Balaban J connectivity index is 2.32. The highest BCUT2D eigenvalue weighted by atomic mass is 35.5. The Kier molecular flexibility index (Phi) is 5.15. The molecule has 1 heterocycles. The molecule has 1 aromatic heterocycles. The van der Waals surface area contributed by atoms with E-state index in [-0.39, 0.29) is 0 Å². The first kappa shape index (κ1) is 14.6. The predicted octanol–water partition coefficient (Wildman–Crippen LogP) is 4.54. The number of aryl methyl sites for hydroxylation is 1. The monoisotopic (exact) mass is 284 g/mol. The molecule has 0 unspecified atom stereocenters. The average molecular weight is 285 g/mol. The Bertz CT molecular complexity index is 629. The van der Waals surface area contributed by atoms with Crippen LogP contribution in [0.5, 0.6) is 0 Å². The van der Waals surface area contributed by atoms with Gasteiger partial charge < -0.3 is 0 Å². The molecule has 0 spiro atoms. The fourth-order valence-corrected chi connectivity index (χ4v) is 2.38. The van der Waals surface area contributed by atoms with E-state index in [0.717, 1.165) is 30.5 Å². The van der Waals surface area contributed by atoms with Gasteiger partial charge in [0, 0.05) is 12.1 Å². The lowest BCUT2D eigenvalue weighted by atomic mass is 9.98.